The number of aromatic nitrogens is 2. The van der Waals surface area contributed by atoms with Gasteiger partial charge in [-0.2, -0.15) is 0 Å². The van der Waals surface area contributed by atoms with Crippen molar-refractivity contribution in [3.8, 4) is 0 Å². The Hall–Kier alpha value is -1.52. The Morgan fingerprint density at radius 2 is 2.17 bits per heavy atom. The van der Waals surface area contributed by atoms with Crippen LogP contribution in [-0.2, 0) is 6.54 Å². The topological polar surface area (TPSA) is 50.2 Å². The van der Waals surface area contributed by atoms with Crippen molar-refractivity contribution in [1.29, 1.82) is 0 Å². The Balaban J connectivity index is 2.13. The van der Waals surface area contributed by atoms with Gasteiger partial charge < -0.3 is 14.8 Å². The van der Waals surface area contributed by atoms with Crippen LogP contribution in [0.2, 0.25) is 0 Å². The van der Waals surface area contributed by atoms with E-state index in [2.05, 4.69) is 24.1 Å². The smallest absolute Gasteiger partial charge is 0.274 e. The highest BCUT2D eigenvalue weighted by Crippen LogP contribution is 2.15. The maximum Gasteiger partial charge on any atom is 0.274 e. The quantitative estimate of drug-likeness (QED) is 0.869. The lowest BCUT2D eigenvalue weighted by molar-refractivity contribution is 0.0750. The summed E-state index contributed by atoms with van der Waals surface area (Å²) in [7, 11) is 0. The van der Waals surface area contributed by atoms with Crippen molar-refractivity contribution in [2.75, 3.05) is 25.0 Å². The number of carbonyl (C=O) groups excluding carboxylic acids is 1. The minimum absolute atomic E-state index is 0.0578. The third-order valence-corrected chi connectivity index (χ3v) is 3.13. The van der Waals surface area contributed by atoms with Crippen molar-refractivity contribution in [2.45, 2.75) is 39.7 Å². The molecule has 1 aliphatic heterocycles. The normalized spacial score (nSPS) is 13.9. The predicted molar refractivity (Wildman–Crippen MR) is 71.8 cm³/mol. The van der Waals surface area contributed by atoms with Crippen LogP contribution < -0.4 is 5.32 Å². The number of fused-ring (bicyclic) bond motifs is 1. The molecule has 1 amide bonds. The first kappa shape index (κ1) is 12.9. The predicted octanol–water partition coefficient (Wildman–Crippen LogP) is 1.96. The van der Waals surface area contributed by atoms with Crippen LogP contribution in [0.15, 0.2) is 6.20 Å². The lowest BCUT2D eigenvalue weighted by Crippen LogP contribution is -2.32. The average molecular weight is 250 g/mol. The second-order valence-corrected chi connectivity index (χ2v) is 4.72. The molecule has 2 rings (SSSR count). The first-order valence-corrected chi connectivity index (χ1v) is 6.86. The van der Waals surface area contributed by atoms with Gasteiger partial charge in [0, 0.05) is 32.4 Å². The van der Waals surface area contributed by atoms with Gasteiger partial charge in [-0.3, -0.25) is 4.79 Å². The fourth-order valence-corrected chi connectivity index (χ4v) is 2.30. The number of carbonyl (C=O) groups is 1. The molecule has 5 nitrogen and oxygen atoms in total. The summed E-state index contributed by atoms with van der Waals surface area (Å²) < 4.78 is 2.03. The largest absolute Gasteiger partial charge is 0.356 e. The number of nitrogens with zero attached hydrogens (tertiary/aromatic N) is 3. The van der Waals surface area contributed by atoms with Crippen LogP contribution in [0.5, 0.6) is 0 Å². The molecule has 18 heavy (non-hydrogen) atoms. The molecule has 0 saturated heterocycles. The molecule has 0 saturated carbocycles. The molecule has 1 aromatic heterocycles. The molecule has 1 aliphatic rings. The molecule has 0 bridgehead atoms. The molecule has 0 aromatic carbocycles. The molecule has 0 radical (unpaired) electrons. The second-order valence-electron chi connectivity index (χ2n) is 4.72. The summed E-state index contributed by atoms with van der Waals surface area (Å²) in [6.07, 6.45) is 4.93. The number of anilines is 1. The molecule has 0 unspecified atom stereocenters. The van der Waals surface area contributed by atoms with Gasteiger partial charge in [-0.15, -0.1) is 0 Å². The fraction of sp³-hybridized carbons (Fsp3) is 0.692. The maximum absolute atomic E-state index is 12.4. The van der Waals surface area contributed by atoms with E-state index < -0.39 is 0 Å². The van der Waals surface area contributed by atoms with Crippen LogP contribution >= 0.6 is 0 Å². The number of nitrogens with one attached hydrogen (secondary N) is 1. The first-order valence-electron chi connectivity index (χ1n) is 6.86. The number of amides is 1. The van der Waals surface area contributed by atoms with Crippen LogP contribution in [0.4, 0.5) is 5.95 Å². The van der Waals surface area contributed by atoms with E-state index in [4.69, 9.17) is 0 Å². The van der Waals surface area contributed by atoms with Crippen LogP contribution in [0.3, 0.4) is 0 Å². The molecule has 1 N–H and O–H groups in total. The molecular formula is C13H22N4O. The van der Waals surface area contributed by atoms with Gasteiger partial charge in [-0.25, -0.2) is 4.98 Å². The second kappa shape index (κ2) is 5.89. The van der Waals surface area contributed by atoms with Crippen LogP contribution in [0.25, 0.3) is 0 Å². The Bertz CT molecular complexity index is 384. The summed E-state index contributed by atoms with van der Waals surface area (Å²) in [6.45, 7) is 7.69. The Labute approximate surface area is 108 Å². The standard InChI is InChI=1S/C13H22N4O/c1-3-7-16(8-4-2)12(18)11-10-17-9-5-6-14-13(17)15-11/h10H,3-9H2,1-2H3,(H,14,15). The molecule has 1 aromatic rings. The van der Waals surface area contributed by atoms with E-state index >= 15 is 0 Å². The lowest BCUT2D eigenvalue weighted by Gasteiger charge is -2.20. The summed E-state index contributed by atoms with van der Waals surface area (Å²) in [4.78, 5) is 18.7. The Morgan fingerprint density at radius 3 is 2.78 bits per heavy atom. The van der Waals surface area contributed by atoms with Gasteiger partial charge in [-0.1, -0.05) is 13.8 Å². The molecule has 0 atom stereocenters. The summed E-state index contributed by atoms with van der Waals surface area (Å²) in [5, 5.41) is 3.22. The third-order valence-electron chi connectivity index (χ3n) is 3.13. The Kier molecular flexibility index (Phi) is 4.23. The number of aryl methyl sites for hydroxylation is 1. The average Bonchev–Trinajstić information content (AvgIpc) is 2.81. The summed E-state index contributed by atoms with van der Waals surface area (Å²) in [6, 6.07) is 0. The fourth-order valence-electron chi connectivity index (χ4n) is 2.30. The number of rotatable bonds is 5. The molecule has 0 aliphatic carbocycles. The highest BCUT2D eigenvalue weighted by atomic mass is 16.2. The lowest BCUT2D eigenvalue weighted by atomic mass is 10.3. The van der Waals surface area contributed by atoms with E-state index in [0.717, 1.165) is 51.4 Å². The zero-order valence-corrected chi connectivity index (χ0v) is 11.3. The molecule has 2 heterocycles. The van der Waals surface area contributed by atoms with E-state index in [1.807, 2.05) is 15.7 Å². The van der Waals surface area contributed by atoms with Crippen LogP contribution in [0, 0.1) is 0 Å². The van der Waals surface area contributed by atoms with Gasteiger partial charge in [0.1, 0.15) is 5.69 Å². The molecule has 5 heteroatoms. The van der Waals surface area contributed by atoms with Gasteiger partial charge in [0.15, 0.2) is 0 Å². The first-order chi connectivity index (χ1) is 8.76. The van der Waals surface area contributed by atoms with Crippen molar-refractivity contribution >= 4 is 11.9 Å². The summed E-state index contributed by atoms with van der Waals surface area (Å²) >= 11 is 0. The highest BCUT2D eigenvalue weighted by Gasteiger charge is 2.20. The SMILES string of the molecule is CCCN(CCC)C(=O)c1cn2c(n1)NCCC2. The van der Waals surface area contributed by atoms with Crippen molar-refractivity contribution in [3.63, 3.8) is 0 Å². The number of imidazole rings is 1. The summed E-state index contributed by atoms with van der Waals surface area (Å²) in [5.41, 5.74) is 0.571. The van der Waals surface area contributed by atoms with E-state index in [-0.39, 0.29) is 5.91 Å². The van der Waals surface area contributed by atoms with Gasteiger partial charge in [-0.05, 0) is 19.3 Å². The van der Waals surface area contributed by atoms with Gasteiger partial charge >= 0.3 is 0 Å². The zero-order valence-electron chi connectivity index (χ0n) is 11.3. The van der Waals surface area contributed by atoms with E-state index in [0.29, 0.717) is 5.69 Å². The van der Waals surface area contributed by atoms with E-state index in [1.54, 1.807) is 0 Å². The number of hydrogen-bond donors (Lipinski definition) is 1. The summed E-state index contributed by atoms with van der Waals surface area (Å²) in [5.74, 6) is 0.889. The van der Waals surface area contributed by atoms with Gasteiger partial charge in [0.2, 0.25) is 5.95 Å². The van der Waals surface area contributed by atoms with Crippen molar-refractivity contribution in [1.82, 2.24) is 14.5 Å². The van der Waals surface area contributed by atoms with Crippen LogP contribution in [0.1, 0.15) is 43.6 Å². The van der Waals surface area contributed by atoms with Gasteiger partial charge in [0.25, 0.3) is 5.91 Å². The maximum atomic E-state index is 12.4. The minimum Gasteiger partial charge on any atom is -0.356 e. The third kappa shape index (κ3) is 2.66. The van der Waals surface area contributed by atoms with Crippen molar-refractivity contribution in [3.05, 3.63) is 11.9 Å². The molecular weight excluding hydrogens is 228 g/mol. The van der Waals surface area contributed by atoms with E-state index in [9.17, 15) is 4.79 Å². The monoisotopic (exact) mass is 250 g/mol. The molecule has 100 valence electrons. The zero-order chi connectivity index (χ0) is 13.0. The van der Waals surface area contributed by atoms with Crippen molar-refractivity contribution in [2.24, 2.45) is 0 Å². The molecule has 0 spiro atoms. The minimum atomic E-state index is 0.0578. The number of hydrogen-bond acceptors (Lipinski definition) is 3. The van der Waals surface area contributed by atoms with Crippen LogP contribution in [-0.4, -0.2) is 40.0 Å². The van der Waals surface area contributed by atoms with Crippen molar-refractivity contribution < 1.29 is 4.79 Å². The Morgan fingerprint density at radius 1 is 1.44 bits per heavy atom. The molecule has 0 fully saturated rings. The highest BCUT2D eigenvalue weighted by molar-refractivity contribution is 5.92. The van der Waals surface area contributed by atoms with Gasteiger partial charge in [0.05, 0.1) is 0 Å². The van der Waals surface area contributed by atoms with E-state index in [1.165, 1.54) is 0 Å².